The van der Waals surface area contributed by atoms with E-state index in [-0.39, 0.29) is 12.5 Å². The molecule has 126 valence electrons. The van der Waals surface area contributed by atoms with Crippen molar-refractivity contribution in [1.29, 1.82) is 0 Å². The van der Waals surface area contributed by atoms with E-state index in [1.54, 1.807) is 24.3 Å². The largest absolute Gasteiger partial charge is 0.465 e. The molecule has 4 N–H and O–H groups in total. The number of benzene rings is 1. The summed E-state index contributed by atoms with van der Waals surface area (Å²) in [5.74, 6) is -0.424. The third-order valence-corrected chi connectivity index (χ3v) is 4.13. The van der Waals surface area contributed by atoms with Gasteiger partial charge in [0, 0.05) is 5.69 Å². The van der Waals surface area contributed by atoms with E-state index in [2.05, 4.69) is 10.1 Å². The van der Waals surface area contributed by atoms with Crippen LogP contribution in [-0.2, 0) is 9.53 Å². The number of methoxy groups -OCH3 is 1. The molecule has 0 saturated carbocycles. The molecule has 0 atom stereocenters. The summed E-state index contributed by atoms with van der Waals surface area (Å²) in [6.07, 6.45) is 0. The lowest BCUT2D eigenvalue weighted by Gasteiger charge is -2.28. The first-order valence-corrected chi connectivity index (χ1v) is 7.88. The molecule has 7 heteroatoms. The topological polar surface area (TPSA) is 84.5 Å². The molecule has 0 spiro atoms. The summed E-state index contributed by atoms with van der Waals surface area (Å²) in [5.41, 5.74) is 1.13. The van der Waals surface area contributed by atoms with Crippen LogP contribution in [0.1, 0.15) is 10.4 Å². The first-order chi connectivity index (χ1) is 11.1. The van der Waals surface area contributed by atoms with Crippen molar-refractivity contribution in [2.45, 2.75) is 0 Å². The van der Waals surface area contributed by atoms with Gasteiger partial charge in [0.15, 0.2) is 6.54 Å². The number of piperazine rings is 1. The molecule has 1 aromatic rings. The fraction of sp³-hybridized carbons (Fsp3) is 0.500. The molecule has 0 aliphatic carbocycles. The second kappa shape index (κ2) is 8.61. The molecule has 1 heterocycles. The molecule has 1 aliphatic rings. The Bertz CT molecular complexity index is 525. The minimum atomic E-state index is -0.393. The Morgan fingerprint density at radius 2 is 1.74 bits per heavy atom. The van der Waals surface area contributed by atoms with E-state index in [0.717, 1.165) is 32.7 Å². The van der Waals surface area contributed by atoms with Gasteiger partial charge >= 0.3 is 5.97 Å². The zero-order chi connectivity index (χ0) is 16.7. The van der Waals surface area contributed by atoms with Crippen LogP contribution in [0, 0.1) is 0 Å². The summed E-state index contributed by atoms with van der Waals surface area (Å²) >= 11 is 0. The average molecular weight is 323 g/mol. The molecule has 1 aliphatic heterocycles. The SMILES string of the molecule is COC(=O)c1ccc(NC(=O)C[NH+]2CC[NH+](CCO)CC2)cc1. The number of quaternary nitrogens is 2. The van der Waals surface area contributed by atoms with Crippen LogP contribution in [0.4, 0.5) is 5.69 Å². The summed E-state index contributed by atoms with van der Waals surface area (Å²) in [4.78, 5) is 26.1. The third-order valence-electron chi connectivity index (χ3n) is 4.13. The number of carbonyl (C=O) groups excluding carboxylic acids is 2. The van der Waals surface area contributed by atoms with E-state index in [1.165, 1.54) is 16.9 Å². The number of nitrogens with one attached hydrogen (secondary N) is 3. The number of hydrogen-bond acceptors (Lipinski definition) is 4. The Hall–Kier alpha value is -1.96. The molecule has 1 fully saturated rings. The molecule has 23 heavy (non-hydrogen) atoms. The van der Waals surface area contributed by atoms with Gasteiger partial charge in [0.1, 0.15) is 32.7 Å². The maximum Gasteiger partial charge on any atom is 0.337 e. The van der Waals surface area contributed by atoms with Gasteiger partial charge < -0.3 is 25.0 Å². The molecule has 1 saturated heterocycles. The van der Waals surface area contributed by atoms with Crippen LogP contribution in [0.5, 0.6) is 0 Å². The Kier molecular flexibility index (Phi) is 6.52. The van der Waals surface area contributed by atoms with Crippen molar-refractivity contribution in [2.75, 3.05) is 58.3 Å². The highest BCUT2D eigenvalue weighted by Gasteiger charge is 2.24. The molecule has 0 aromatic heterocycles. The lowest BCUT2D eigenvalue weighted by Crippen LogP contribution is -3.28. The van der Waals surface area contributed by atoms with Crippen molar-refractivity contribution < 1.29 is 29.2 Å². The molecule has 0 radical (unpaired) electrons. The van der Waals surface area contributed by atoms with E-state index in [9.17, 15) is 9.59 Å². The van der Waals surface area contributed by atoms with Crippen LogP contribution >= 0.6 is 0 Å². The van der Waals surface area contributed by atoms with E-state index >= 15 is 0 Å². The van der Waals surface area contributed by atoms with Crippen molar-refractivity contribution in [1.82, 2.24) is 0 Å². The molecule has 7 nitrogen and oxygen atoms in total. The summed E-state index contributed by atoms with van der Waals surface area (Å²) in [6, 6.07) is 6.66. The molecule has 1 aromatic carbocycles. The fourth-order valence-electron chi connectivity index (χ4n) is 2.78. The van der Waals surface area contributed by atoms with Gasteiger partial charge in [0.05, 0.1) is 19.3 Å². The number of amides is 1. The van der Waals surface area contributed by atoms with E-state index in [0.29, 0.717) is 17.8 Å². The lowest BCUT2D eigenvalue weighted by molar-refractivity contribution is -1.01. The van der Waals surface area contributed by atoms with Gasteiger partial charge in [-0.25, -0.2) is 4.79 Å². The Morgan fingerprint density at radius 3 is 2.30 bits per heavy atom. The van der Waals surface area contributed by atoms with Crippen LogP contribution < -0.4 is 15.1 Å². The van der Waals surface area contributed by atoms with Gasteiger partial charge in [-0.1, -0.05) is 0 Å². The number of ether oxygens (including phenoxy) is 1. The van der Waals surface area contributed by atoms with Crippen molar-refractivity contribution in [3.05, 3.63) is 29.8 Å². The van der Waals surface area contributed by atoms with Crippen LogP contribution in [0.15, 0.2) is 24.3 Å². The third kappa shape index (κ3) is 5.31. The summed E-state index contributed by atoms with van der Waals surface area (Å²) in [6.45, 7) is 5.27. The number of anilines is 1. The smallest absolute Gasteiger partial charge is 0.337 e. The van der Waals surface area contributed by atoms with Crippen molar-refractivity contribution in [2.24, 2.45) is 0 Å². The predicted molar refractivity (Wildman–Crippen MR) is 84.6 cm³/mol. The quantitative estimate of drug-likeness (QED) is 0.426. The Balaban J connectivity index is 1.78. The van der Waals surface area contributed by atoms with Crippen molar-refractivity contribution in [3.8, 4) is 0 Å². The molecule has 0 bridgehead atoms. The molecule has 1 amide bonds. The van der Waals surface area contributed by atoms with Crippen molar-refractivity contribution in [3.63, 3.8) is 0 Å². The summed E-state index contributed by atoms with van der Waals surface area (Å²) in [5, 5.41) is 11.8. The number of hydrogen-bond donors (Lipinski definition) is 4. The van der Waals surface area contributed by atoms with Gasteiger partial charge in [-0.15, -0.1) is 0 Å². The molecule has 0 unspecified atom stereocenters. The van der Waals surface area contributed by atoms with Crippen LogP contribution in [-0.4, -0.2) is 70.0 Å². The van der Waals surface area contributed by atoms with Crippen LogP contribution in [0.25, 0.3) is 0 Å². The van der Waals surface area contributed by atoms with Gasteiger partial charge in [0.2, 0.25) is 0 Å². The van der Waals surface area contributed by atoms with Gasteiger partial charge in [0.25, 0.3) is 5.91 Å². The highest BCUT2D eigenvalue weighted by atomic mass is 16.5. The summed E-state index contributed by atoms with van der Waals surface area (Å²) < 4.78 is 4.64. The van der Waals surface area contributed by atoms with Crippen molar-refractivity contribution >= 4 is 17.6 Å². The number of aliphatic hydroxyl groups is 1. The van der Waals surface area contributed by atoms with Gasteiger partial charge in [-0.2, -0.15) is 0 Å². The second-order valence-electron chi connectivity index (χ2n) is 5.77. The van der Waals surface area contributed by atoms with Gasteiger partial charge in [-0.05, 0) is 24.3 Å². The zero-order valence-corrected chi connectivity index (χ0v) is 13.4. The number of esters is 1. The summed E-state index contributed by atoms with van der Waals surface area (Å²) in [7, 11) is 1.34. The van der Waals surface area contributed by atoms with E-state index in [1.807, 2.05) is 0 Å². The highest BCUT2D eigenvalue weighted by Crippen LogP contribution is 2.09. The predicted octanol–water partition coefficient (Wildman–Crippen LogP) is -2.81. The van der Waals surface area contributed by atoms with E-state index in [4.69, 9.17) is 5.11 Å². The standard InChI is InChI=1S/C16H23N3O4/c1-23-16(22)13-2-4-14(5-3-13)17-15(21)12-19-8-6-18(7-9-19)10-11-20/h2-5,20H,6-12H2,1H3,(H,17,21)/p+2. The average Bonchev–Trinajstić information content (AvgIpc) is 2.57. The molecular weight excluding hydrogens is 298 g/mol. The number of aliphatic hydroxyl groups excluding tert-OH is 1. The van der Waals surface area contributed by atoms with E-state index < -0.39 is 5.97 Å². The van der Waals surface area contributed by atoms with Crippen LogP contribution in [0.2, 0.25) is 0 Å². The maximum absolute atomic E-state index is 12.1. The normalized spacial score (nSPS) is 20.8. The monoisotopic (exact) mass is 323 g/mol. The minimum absolute atomic E-state index is 0.0311. The fourth-order valence-corrected chi connectivity index (χ4v) is 2.78. The molecule has 2 rings (SSSR count). The first kappa shape index (κ1) is 17.4. The minimum Gasteiger partial charge on any atom is -0.465 e. The highest BCUT2D eigenvalue weighted by molar-refractivity contribution is 5.93. The number of carbonyl (C=O) groups is 2. The molecular formula is C16H25N3O4+2. The van der Waals surface area contributed by atoms with Gasteiger partial charge in [-0.3, -0.25) is 4.79 Å². The Labute approximate surface area is 135 Å². The van der Waals surface area contributed by atoms with Crippen LogP contribution in [0.3, 0.4) is 0 Å². The maximum atomic E-state index is 12.1. The number of rotatable bonds is 6. The first-order valence-electron chi connectivity index (χ1n) is 7.88. The zero-order valence-electron chi connectivity index (χ0n) is 13.4. The Morgan fingerprint density at radius 1 is 1.13 bits per heavy atom. The lowest BCUT2D eigenvalue weighted by atomic mass is 10.2. The second-order valence-corrected chi connectivity index (χ2v) is 5.77.